The first kappa shape index (κ1) is 17.6. The Hall–Kier alpha value is -1.79. The Kier molecular flexibility index (Phi) is 5.05. The molecule has 2 saturated heterocycles. The second-order valence-electron chi connectivity index (χ2n) is 7.20. The molecule has 3 heterocycles. The Balaban J connectivity index is 1.31. The monoisotopic (exact) mass is 418 g/mol. The Morgan fingerprint density at radius 1 is 1.19 bits per heavy atom. The van der Waals surface area contributed by atoms with Gasteiger partial charge in [0, 0.05) is 22.6 Å². The molecular weight excluding hydrogens is 396 g/mol. The van der Waals surface area contributed by atoms with Crippen LogP contribution in [0.4, 0.5) is 0 Å². The number of rotatable bonds is 5. The lowest BCUT2D eigenvalue weighted by molar-refractivity contribution is 0.0851. The number of nitrogens with zero attached hydrogens (tertiary/aromatic N) is 1. The fourth-order valence-electron chi connectivity index (χ4n) is 4.05. The van der Waals surface area contributed by atoms with Gasteiger partial charge >= 0.3 is 0 Å². The van der Waals surface area contributed by atoms with Crippen molar-refractivity contribution >= 4 is 21.8 Å². The summed E-state index contributed by atoms with van der Waals surface area (Å²) in [6.45, 7) is 0.299. The lowest BCUT2D eigenvalue weighted by atomic mass is 9.98. The quantitative estimate of drug-likeness (QED) is 0.797. The molecule has 2 aromatic rings. The van der Waals surface area contributed by atoms with Crippen LogP contribution in [0, 0.1) is 0 Å². The average molecular weight is 419 g/mol. The SMILES string of the molecule is CN1C2CCC1CC(NC(=O)c1ccc(COc3ccc(Br)cc3)o1)C2. The number of fused-ring (bicyclic) bond motifs is 2. The third-order valence-electron chi connectivity index (χ3n) is 5.51. The van der Waals surface area contributed by atoms with Crippen LogP contribution in [0.15, 0.2) is 45.3 Å². The van der Waals surface area contributed by atoms with Gasteiger partial charge in [-0.15, -0.1) is 0 Å². The van der Waals surface area contributed by atoms with Crippen LogP contribution < -0.4 is 10.1 Å². The summed E-state index contributed by atoms with van der Waals surface area (Å²) in [6, 6.07) is 12.6. The number of hydrogen-bond donors (Lipinski definition) is 1. The zero-order valence-corrected chi connectivity index (χ0v) is 16.4. The number of furan rings is 1. The number of hydrogen-bond acceptors (Lipinski definition) is 4. The molecule has 2 fully saturated rings. The molecule has 6 heteroatoms. The van der Waals surface area contributed by atoms with E-state index in [1.165, 1.54) is 12.8 Å². The van der Waals surface area contributed by atoms with E-state index < -0.39 is 0 Å². The molecule has 1 amide bonds. The molecule has 26 heavy (non-hydrogen) atoms. The first-order chi connectivity index (χ1) is 12.6. The summed E-state index contributed by atoms with van der Waals surface area (Å²) in [5.41, 5.74) is 0. The summed E-state index contributed by atoms with van der Waals surface area (Å²) in [5.74, 6) is 1.62. The molecule has 5 nitrogen and oxygen atoms in total. The first-order valence-electron chi connectivity index (χ1n) is 9.08. The standard InChI is InChI=1S/C20H23BrN2O3/c1-23-15-4-5-16(23)11-14(10-15)22-20(24)19-9-8-18(26-19)12-25-17-6-2-13(21)3-7-17/h2-3,6-9,14-16H,4-5,10-12H2,1H3,(H,22,24). The van der Waals surface area contributed by atoms with Gasteiger partial charge in [0.2, 0.25) is 0 Å². The van der Waals surface area contributed by atoms with Crippen molar-refractivity contribution in [3.63, 3.8) is 0 Å². The second kappa shape index (κ2) is 7.45. The van der Waals surface area contributed by atoms with Gasteiger partial charge in [0.05, 0.1) is 0 Å². The van der Waals surface area contributed by atoms with E-state index in [0.717, 1.165) is 23.1 Å². The van der Waals surface area contributed by atoms with Crippen molar-refractivity contribution in [1.29, 1.82) is 0 Å². The van der Waals surface area contributed by atoms with Crippen molar-refractivity contribution in [3.05, 3.63) is 52.4 Å². The molecule has 0 saturated carbocycles. The lowest BCUT2D eigenvalue weighted by Crippen LogP contribution is -2.48. The largest absolute Gasteiger partial charge is 0.486 e. The van der Waals surface area contributed by atoms with Gasteiger partial charge in [0.15, 0.2) is 5.76 Å². The van der Waals surface area contributed by atoms with E-state index in [2.05, 4.69) is 33.2 Å². The number of carbonyl (C=O) groups excluding carboxylic acids is 1. The van der Waals surface area contributed by atoms with Crippen molar-refractivity contribution < 1.29 is 13.9 Å². The molecule has 4 rings (SSSR count). The lowest BCUT2D eigenvalue weighted by Gasteiger charge is -2.36. The third-order valence-corrected chi connectivity index (χ3v) is 6.04. The van der Waals surface area contributed by atoms with Crippen LogP contribution >= 0.6 is 15.9 Å². The summed E-state index contributed by atoms with van der Waals surface area (Å²) < 4.78 is 12.4. The maximum absolute atomic E-state index is 12.5. The van der Waals surface area contributed by atoms with E-state index in [9.17, 15) is 4.79 Å². The van der Waals surface area contributed by atoms with Gasteiger partial charge in [-0.25, -0.2) is 0 Å². The van der Waals surface area contributed by atoms with Crippen LogP contribution in [0.3, 0.4) is 0 Å². The first-order valence-corrected chi connectivity index (χ1v) is 9.87. The zero-order valence-electron chi connectivity index (χ0n) is 14.8. The van der Waals surface area contributed by atoms with Crippen molar-refractivity contribution in [2.24, 2.45) is 0 Å². The highest BCUT2D eigenvalue weighted by molar-refractivity contribution is 9.10. The molecule has 138 valence electrons. The Bertz CT molecular complexity index is 760. The molecule has 0 radical (unpaired) electrons. The van der Waals surface area contributed by atoms with Crippen LogP contribution in [-0.2, 0) is 6.61 Å². The number of nitrogens with one attached hydrogen (secondary N) is 1. The molecule has 1 N–H and O–H groups in total. The van der Waals surface area contributed by atoms with Gasteiger partial charge in [-0.3, -0.25) is 4.79 Å². The number of piperidine rings is 1. The van der Waals surface area contributed by atoms with E-state index in [1.54, 1.807) is 12.1 Å². The Morgan fingerprint density at radius 2 is 1.88 bits per heavy atom. The van der Waals surface area contributed by atoms with Crippen LogP contribution in [0.1, 0.15) is 42.0 Å². The highest BCUT2D eigenvalue weighted by Crippen LogP contribution is 2.34. The number of benzene rings is 1. The molecule has 0 spiro atoms. The molecule has 2 unspecified atom stereocenters. The smallest absolute Gasteiger partial charge is 0.287 e. The molecule has 0 aliphatic carbocycles. The fourth-order valence-corrected chi connectivity index (χ4v) is 4.31. The molecule has 1 aromatic carbocycles. The molecule has 2 aliphatic heterocycles. The van der Waals surface area contributed by atoms with Crippen LogP contribution in [0.25, 0.3) is 0 Å². The van der Waals surface area contributed by atoms with Gasteiger partial charge in [0.1, 0.15) is 18.1 Å². The number of carbonyl (C=O) groups is 1. The van der Waals surface area contributed by atoms with Crippen molar-refractivity contribution in [2.75, 3.05) is 7.05 Å². The van der Waals surface area contributed by atoms with E-state index in [-0.39, 0.29) is 11.9 Å². The van der Waals surface area contributed by atoms with E-state index in [0.29, 0.717) is 30.2 Å². The molecule has 2 aliphatic rings. The Labute approximate surface area is 161 Å². The van der Waals surface area contributed by atoms with E-state index >= 15 is 0 Å². The minimum absolute atomic E-state index is 0.131. The van der Waals surface area contributed by atoms with E-state index in [4.69, 9.17) is 9.15 Å². The maximum Gasteiger partial charge on any atom is 0.287 e. The fraction of sp³-hybridized carbons (Fsp3) is 0.450. The minimum atomic E-state index is -0.131. The Morgan fingerprint density at radius 3 is 2.58 bits per heavy atom. The van der Waals surface area contributed by atoms with Crippen molar-refractivity contribution in [2.45, 2.75) is 50.4 Å². The minimum Gasteiger partial charge on any atom is -0.486 e. The van der Waals surface area contributed by atoms with Gasteiger partial charge in [-0.05, 0) is 69.1 Å². The van der Waals surface area contributed by atoms with Gasteiger partial charge in [0.25, 0.3) is 5.91 Å². The number of halogens is 1. The highest BCUT2D eigenvalue weighted by Gasteiger charge is 2.39. The van der Waals surface area contributed by atoms with Crippen LogP contribution in [-0.4, -0.2) is 36.0 Å². The summed E-state index contributed by atoms with van der Waals surface area (Å²) in [7, 11) is 2.20. The van der Waals surface area contributed by atoms with E-state index in [1.807, 2.05) is 24.3 Å². The zero-order chi connectivity index (χ0) is 18.1. The maximum atomic E-state index is 12.5. The van der Waals surface area contributed by atoms with Crippen LogP contribution in [0.5, 0.6) is 5.75 Å². The average Bonchev–Trinajstić information content (AvgIpc) is 3.17. The molecule has 2 atom stereocenters. The predicted molar refractivity (Wildman–Crippen MR) is 102 cm³/mol. The van der Waals surface area contributed by atoms with Gasteiger partial charge < -0.3 is 19.4 Å². The molecule has 2 bridgehead atoms. The predicted octanol–water partition coefficient (Wildman–Crippen LogP) is 3.98. The van der Waals surface area contributed by atoms with Gasteiger partial charge in [-0.2, -0.15) is 0 Å². The molecular formula is C20H23BrN2O3. The summed E-state index contributed by atoms with van der Waals surface area (Å²) in [5, 5.41) is 3.14. The number of amides is 1. The van der Waals surface area contributed by atoms with Crippen molar-refractivity contribution in [1.82, 2.24) is 10.2 Å². The summed E-state index contributed by atoms with van der Waals surface area (Å²) >= 11 is 3.39. The highest BCUT2D eigenvalue weighted by atomic mass is 79.9. The van der Waals surface area contributed by atoms with Crippen molar-refractivity contribution in [3.8, 4) is 5.75 Å². The molecule has 1 aromatic heterocycles. The normalized spacial score (nSPS) is 25.2. The summed E-state index contributed by atoms with van der Waals surface area (Å²) in [6.07, 6.45) is 4.54. The van der Waals surface area contributed by atoms with Gasteiger partial charge in [-0.1, -0.05) is 15.9 Å². The topological polar surface area (TPSA) is 54.7 Å². The number of ether oxygens (including phenoxy) is 1. The van der Waals surface area contributed by atoms with Crippen LogP contribution in [0.2, 0.25) is 0 Å². The summed E-state index contributed by atoms with van der Waals surface area (Å²) in [4.78, 5) is 15.0. The second-order valence-corrected chi connectivity index (χ2v) is 8.12. The third kappa shape index (κ3) is 3.81.